The van der Waals surface area contributed by atoms with Crippen LogP contribution >= 0.6 is 0 Å². The van der Waals surface area contributed by atoms with Crippen LogP contribution in [0.2, 0.25) is 0 Å². The third-order valence-electron chi connectivity index (χ3n) is 5.65. The van der Waals surface area contributed by atoms with E-state index < -0.39 is 0 Å². The van der Waals surface area contributed by atoms with E-state index in [0.717, 1.165) is 35.0 Å². The topological polar surface area (TPSA) is 0 Å². The van der Waals surface area contributed by atoms with Gasteiger partial charge in [0, 0.05) is 0 Å². The third-order valence-corrected chi connectivity index (χ3v) is 5.65. The summed E-state index contributed by atoms with van der Waals surface area (Å²) in [6, 6.07) is 0. The normalized spacial score (nSPS) is 51.9. The lowest BCUT2D eigenvalue weighted by Gasteiger charge is -2.59. The van der Waals surface area contributed by atoms with Crippen LogP contribution in [0.5, 0.6) is 0 Å². The van der Waals surface area contributed by atoms with Crippen molar-refractivity contribution in [3.8, 4) is 0 Å². The summed E-state index contributed by atoms with van der Waals surface area (Å²) in [6.07, 6.45) is 4.42. The number of hydrogen-bond donors (Lipinski definition) is 0. The van der Waals surface area contributed by atoms with Gasteiger partial charge in [-0.2, -0.15) is 0 Å². The highest BCUT2D eigenvalue weighted by atomic mass is 14.7. The van der Waals surface area contributed by atoms with Gasteiger partial charge in [0.05, 0.1) is 0 Å². The van der Waals surface area contributed by atoms with E-state index in [1.54, 1.807) is 0 Å². The van der Waals surface area contributed by atoms with Crippen molar-refractivity contribution in [2.75, 3.05) is 0 Å². The lowest BCUT2D eigenvalue weighted by molar-refractivity contribution is -0.109. The van der Waals surface area contributed by atoms with Gasteiger partial charge in [-0.1, -0.05) is 41.0 Å². The summed E-state index contributed by atoms with van der Waals surface area (Å²) in [5.74, 6) is 4.96. The summed E-state index contributed by atoms with van der Waals surface area (Å²) >= 11 is 0. The van der Waals surface area contributed by atoms with Gasteiger partial charge in [0.1, 0.15) is 0 Å². The fraction of sp³-hybridized carbons (Fsp3) is 1.00. The van der Waals surface area contributed by atoms with E-state index in [2.05, 4.69) is 34.6 Å². The Labute approximate surface area is 89.5 Å². The summed E-state index contributed by atoms with van der Waals surface area (Å²) in [6.45, 7) is 12.3. The maximum Gasteiger partial charge on any atom is -0.0189 e. The molecule has 0 aromatic rings. The van der Waals surface area contributed by atoms with Crippen LogP contribution in [-0.4, -0.2) is 0 Å². The average Bonchev–Trinajstić information content (AvgIpc) is 2.19. The zero-order valence-corrected chi connectivity index (χ0v) is 10.5. The van der Waals surface area contributed by atoms with E-state index in [1.807, 2.05) is 0 Å². The Hall–Kier alpha value is 0. The van der Waals surface area contributed by atoms with Crippen molar-refractivity contribution in [1.82, 2.24) is 0 Å². The zero-order chi connectivity index (χ0) is 10.5. The lowest BCUT2D eigenvalue weighted by Crippen LogP contribution is -2.53. The Bertz CT molecular complexity index is 214. The fourth-order valence-corrected chi connectivity index (χ4v) is 5.26. The highest BCUT2D eigenvalue weighted by Crippen LogP contribution is 2.69. The average molecular weight is 194 g/mol. The molecule has 5 atom stereocenters. The van der Waals surface area contributed by atoms with Crippen LogP contribution in [-0.2, 0) is 0 Å². The highest BCUT2D eigenvalue weighted by molar-refractivity contribution is 5.11. The van der Waals surface area contributed by atoms with Crippen LogP contribution in [0.15, 0.2) is 0 Å². The molecule has 0 aromatic carbocycles. The first-order valence-electron chi connectivity index (χ1n) is 6.55. The molecule has 0 amide bonds. The molecule has 0 heteroatoms. The van der Waals surface area contributed by atoms with Crippen LogP contribution in [0, 0.1) is 35.0 Å². The van der Waals surface area contributed by atoms with Gasteiger partial charge < -0.3 is 0 Å². The van der Waals surface area contributed by atoms with Crippen molar-refractivity contribution in [3.05, 3.63) is 0 Å². The first-order chi connectivity index (χ1) is 6.55. The molecule has 0 saturated heterocycles. The molecule has 0 heterocycles. The second-order valence-electron chi connectivity index (χ2n) is 6.22. The molecule has 2 rings (SSSR count). The van der Waals surface area contributed by atoms with Crippen LogP contribution in [0.1, 0.15) is 53.9 Å². The van der Waals surface area contributed by atoms with Crippen LogP contribution in [0.4, 0.5) is 0 Å². The summed E-state index contributed by atoms with van der Waals surface area (Å²) in [7, 11) is 0. The van der Waals surface area contributed by atoms with Crippen LogP contribution < -0.4 is 0 Å². The Kier molecular flexibility index (Phi) is 2.44. The predicted molar refractivity (Wildman–Crippen MR) is 62.1 cm³/mol. The van der Waals surface area contributed by atoms with Gasteiger partial charge in [-0.3, -0.25) is 0 Å². The summed E-state index contributed by atoms with van der Waals surface area (Å²) in [4.78, 5) is 0. The second kappa shape index (κ2) is 3.25. The van der Waals surface area contributed by atoms with Gasteiger partial charge in [-0.05, 0) is 47.8 Å². The smallest absolute Gasteiger partial charge is 0.0189 e. The standard InChI is InChI=1S/C14H26/c1-6-12-8-13-10(4)7-11(5)14(12,13)9(2)3/h9-13H,6-8H2,1-5H3. The molecule has 0 aromatic heterocycles. The largest absolute Gasteiger partial charge is 0.0651 e. The minimum Gasteiger partial charge on any atom is -0.0651 e. The molecule has 2 aliphatic rings. The molecule has 0 radical (unpaired) electrons. The van der Waals surface area contributed by atoms with Crippen molar-refractivity contribution >= 4 is 0 Å². The molecule has 0 nitrogen and oxygen atoms in total. The first-order valence-corrected chi connectivity index (χ1v) is 6.55. The van der Waals surface area contributed by atoms with Gasteiger partial charge in [-0.15, -0.1) is 0 Å². The number of fused-ring (bicyclic) bond motifs is 1. The molecule has 2 saturated carbocycles. The quantitative estimate of drug-likeness (QED) is 0.613. The Morgan fingerprint density at radius 2 is 1.86 bits per heavy atom. The molecule has 5 unspecified atom stereocenters. The van der Waals surface area contributed by atoms with Crippen molar-refractivity contribution < 1.29 is 0 Å². The van der Waals surface area contributed by atoms with Crippen LogP contribution in [0.3, 0.4) is 0 Å². The van der Waals surface area contributed by atoms with E-state index in [1.165, 1.54) is 19.3 Å². The lowest BCUT2D eigenvalue weighted by atomic mass is 9.46. The highest BCUT2D eigenvalue weighted by Gasteiger charge is 2.63. The zero-order valence-electron chi connectivity index (χ0n) is 10.5. The molecular weight excluding hydrogens is 168 g/mol. The number of rotatable bonds is 2. The Morgan fingerprint density at radius 3 is 2.29 bits per heavy atom. The number of hydrogen-bond acceptors (Lipinski definition) is 0. The van der Waals surface area contributed by atoms with Crippen molar-refractivity contribution in [1.29, 1.82) is 0 Å². The second-order valence-corrected chi connectivity index (χ2v) is 6.22. The maximum atomic E-state index is 2.51. The van der Waals surface area contributed by atoms with Crippen LogP contribution in [0.25, 0.3) is 0 Å². The summed E-state index contributed by atoms with van der Waals surface area (Å²) in [5.41, 5.74) is 0.730. The van der Waals surface area contributed by atoms with Gasteiger partial charge in [0.15, 0.2) is 0 Å². The molecule has 0 bridgehead atoms. The van der Waals surface area contributed by atoms with Crippen molar-refractivity contribution in [2.24, 2.45) is 35.0 Å². The van der Waals surface area contributed by atoms with E-state index in [-0.39, 0.29) is 0 Å². The summed E-state index contributed by atoms with van der Waals surface area (Å²) in [5, 5.41) is 0. The molecule has 2 fully saturated rings. The molecule has 14 heavy (non-hydrogen) atoms. The van der Waals surface area contributed by atoms with E-state index >= 15 is 0 Å². The molecule has 0 spiro atoms. The molecule has 0 aliphatic heterocycles. The predicted octanol–water partition coefficient (Wildman–Crippen LogP) is 4.35. The SMILES string of the molecule is CCC1CC2C(C)CC(C)C12C(C)C. The van der Waals surface area contributed by atoms with Crippen molar-refractivity contribution in [2.45, 2.75) is 53.9 Å². The maximum absolute atomic E-state index is 2.51. The molecule has 82 valence electrons. The first kappa shape index (κ1) is 10.5. The van der Waals surface area contributed by atoms with Gasteiger partial charge in [-0.25, -0.2) is 0 Å². The molecule has 0 N–H and O–H groups in total. The van der Waals surface area contributed by atoms with E-state index in [4.69, 9.17) is 0 Å². The fourth-order valence-electron chi connectivity index (χ4n) is 5.26. The Morgan fingerprint density at radius 1 is 1.21 bits per heavy atom. The van der Waals surface area contributed by atoms with E-state index in [0.29, 0.717) is 0 Å². The van der Waals surface area contributed by atoms with Gasteiger partial charge in [0.2, 0.25) is 0 Å². The molecular formula is C14H26. The van der Waals surface area contributed by atoms with E-state index in [9.17, 15) is 0 Å². The third kappa shape index (κ3) is 1.01. The molecule has 2 aliphatic carbocycles. The Balaban J connectivity index is 2.29. The van der Waals surface area contributed by atoms with Crippen molar-refractivity contribution in [3.63, 3.8) is 0 Å². The minimum atomic E-state index is 0.730. The van der Waals surface area contributed by atoms with Gasteiger partial charge >= 0.3 is 0 Å². The summed E-state index contributed by atoms with van der Waals surface area (Å²) < 4.78 is 0. The minimum absolute atomic E-state index is 0.730. The van der Waals surface area contributed by atoms with Gasteiger partial charge in [0.25, 0.3) is 0 Å². The monoisotopic (exact) mass is 194 g/mol.